The number of hydrogen-bond donors (Lipinski definition) is 1. The second-order valence-corrected chi connectivity index (χ2v) is 5.32. The van der Waals surface area contributed by atoms with E-state index in [1.165, 1.54) is 25.3 Å². The number of nitro groups is 1. The molecule has 24 heavy (non-hydrogen) atoms. The predicted octanol–water partition coefficient (Wildman–Crippen LogP) is 3.93. The second-order valence-electron chi connectivity index (χ2n) is 4.53. The number of carbonyl (C=O) groups is 1. The molecular weight excluding hydrogens is 359 g/mol. The summed E-state index contributed by atoms with van der Waals surface area (Å²) >= 11 is 11.8. The summed E-state index contributed by atoms with van der Waals surface area (Å²) in [5.74, 6) is -0.152. The van der Waals surface area contributed by atoms with Crippen LogP contribution < -0.4 is 14.8 Å². The van der Waals surface area contributed by atoms with Crippen molar-refractivity contribution in [1.82, 2.24) is 0 Å². The molecule has 0 aromatic heterocycles. The first kappa shape index (κ1) is 17.8. The van der Waals surface area contributed by atoms with E-state index in [9.17, 15) is 14.9 Å². The molecule has 0 bridgehead atoms. The zero-order chi connectivity index (χ0) is 17.7. The first-order valence-electron chi connectivity index (χ1n) is 6.61. The average Bonchev–Trinajstić information content (AvgIpc) is 2.56. The van der Waals surface area contributed by atoms with E-state index in [1.54, 1.807) is 18.2 Å². The van der Waals surface area contributed by atoms with Crippen LogP contribution in [0.25, 0.3) is 0 Å². The van der Waals surface area contributed by atoms with Gasteiger partial charge in [0.05, 0.1) is 33.8 Å². The minimum absolute atomic E-state index is 0.0824. The number of carbonyl (C=O) groups excluding carboxylic acids is 1. The van der Waals surface area contributed by atoms with Gasteiger partial charge in [0, 0.05) is 6.07 Å². The highest BCUT2D eigenvalue weighted by molar-refractivity contribution is 6.43. The van der Waals surface area contributed by atoms with E-state index in [-0.39, 0.29) is 28.8 Å². The molecule has 2 aromatic carbocycles. The van der Waals surface area contributed by atoms with Gasteiger partial charge in [0.2, 0.25) is 0 Å². The van der Waals surface area contributed by atoms with Gasteiger partial charge in [-0.1, -0.05) is 29.3 Å². The van der Waals surface area contributed by atoms with Crippen LogP contribution >= 0.6 is 23.2 Å². The SMILES string of the molecule is COc1ccc([N+](=O)[O-])cc1OCC(=O)Nc1cccc(Cl)c1Cl. The van der Waals surface area contributed by atoms with Crippen LogP contribution in [0.5, 0.6) is 11.5 Å². The Morgan fingerprint density at radius 1 is 1.25 bits per heavy atom. The summed E-state index contributed by atoms with van der Waals surface area (Å²) in [7, 11) is 1.39. The molecule has 0 aliphatic heterocycles. The average molecular weight is 371 g/mol. The highest BCUT2D eigenvalue weighted by Gasteiger charge is 2.14. The molecule has 0 aliphatic carbocycles. The van der Waals surface area contributed by atoms with Crippen molar-refractivity contribution in [2.45, 2.75) is 0 Å². The molecule has 0 radical (unpaired) electrons. The molecule has 0 saturated heterocycles. The van der Waals surface area contributed by atoms with Crippen molar-refractivity contribution in [2.24, 2.45) is 0 Å². The van der Waals surface area contributed by atoms with E-state index in [2.05, 4.69) is 5.32 Å². The van der Waals surface area contributed by atoms with Crippen molar-refractivity contribution >= 4 is 40.5 Å². The van der Waals surface area contributed by atoms with Crippen LogP contribution in [0.4, 0.5) is 11.4 Å². The third-order valence-corrected chi connectivity index (χ3v) is 3.76. The number of methoxy groups -OCH3 is 1. The Morgan fingerprint density at radius 3 is 2.67 bits per heavy atom. The van der Waals surface area contributed by atoms with Crippen LogP contribution in [0.2, 0.25) is 10.0 Å². The molecule has 0 aliphatic rings. The van der Waals surface area contributed by atoms with Crippen LogP contribution in [0.15, 0.2) is 36.4 Å². The van der Waals surface area contributed by atoms with Crippen LogP contribution in [0, 0.1) is 10.1 Å². The topological polar surface area (TPSA) is 90.7 Å². The Morgan fingerprint density at radius 2 is 2.00 bits per heavy atom. The van der Waals surface area contributed by atoms with Crippen molar-refractivity contribution in [3.63, 3.8) is 0 Å². The number of benzene rings is 2. The Balaban J connectivity index is 2.07. The van der Waals surface area contributed by atoms with Crippen molar-refractivity contribution in [2.75, 3.05) is 19.0 Å². The van der Waals surface area contributed by atoms with Crippen molar-refractivity contribution in [1.29, 1.82) is 0 Å². The summed E-state index contributed by atoms with van der Waals surface area (Å²) in [5.41, 5.74) is 0.160. The number of rotatable bonds is 6. The molecule has 0 spiro atoms. The minimum Gasteiger partial charge on any atom is -0.493 e. The van der Waals surface area contributed by atoms with E-state index < -0.39 is 10.8 Å². The van der Waals surface area contributed by atoms with Gasteiger partial charge in [-0.2, -0.15) is 0 Å². The summed E-state index contributed by atoms with van der Waals surface area (Å²) in [5, 5.41) is 13.9. The van der Waals surface area contributed by atoms with Crippen LogP contribution in [-0.4, -0.2) is 24.5 Å². The van der Waals surface area contributed by atoms with Gasteiger partial charge in [-0.05, 0) is 18.2 Å². The zero-order valence-electron chi connectivity index (χ0n) is 12.4. The number of halogens is 2. The number of ether oxygens (including phenoxy) is 2. The molecule has 0 atom stereocenters. The molecular formula is C15H12Cl2N2O5. The number of amides is 1. The molecule has 1 amide bonds. The van der Waals surface area contributed by atoms with Crippen LogP contribution in [0.1, 0.15) is 0 Å². The lowest BCUT2D eigenvalue weighted by Gasteiger charge is -2.11. The predicted molar refractivity (Wildman–Crippen MR) is 90.2 cm³/mol. The molecule has 0 fully saturated rings. The number of non-ortho nitro benzene ring substituents is 1. The highest BCUT2D eigenvalue weighted by Crippen LogP contribution is 2.32. The monoisotopic (exact) mass is 370 g/mol. The third-order valence-electron chi connectivity index (χ3n) is 2.94. The third kappa shape index (κ3) is 4.27. The number of nitrogens with zero attached hydrogens (tertiary/aromatic N) is 1. The maximum absolute atomic E-state index is 12.0. The fourth-order valence-corrected chi connectivity index (χ4v) is 2.17. The maximum Gasteiger partial charge on any atom is 0.273 e. The van der Waals surface area contributed by atoms with Gasteiger partial charge in [0.1, 0.15) is 0 Å². The molecule has 2 rings (SSSR count). The quantitative estimate of drug-likeness (QED) is 0.614. The molecule has 0 saturated carbocycles. The lowest BCUT2D eigenvalue weighted by molar-refractivity contribution is -0.385. The smallest absolute Gasteiger partial charge is 0.273 e. The largest absolute Gasteiger partial charge is 0.493 e. The summed E-state index contributed by atoms with van der Waals surface area (Å²) < 4.78 is 10.4. The van der Waals surface area contributed by atoms with E-state index in [0.717, 1.165) is 0 Å². The molecule has 1 N–H and O–H groups in total. The van der Waals surface area contributed by atoms with Gasteiger partial charge in [-0.3, -0.25) is 14.9 Å². The van der Waals surface area contributed by atoms with E-state index >= 15 is 0 Å². The number of nitro benzene ring substituents is 1. The Kier molecular flexibility index (Phi) is 5.83. The molecule has 0 unspecified atom stereocenters. The molecule has 7 nitrogen and oxygen atoms in total. The maximum atomic E-state index is 12.0. The summed E-state index contributed by atoms with van der Waals surface area (Å²) in [6.07, 6.45) is 0. The molecule has 9 heteroatoms. The van der Waals surface area contributed by atoms with Crippen molar-refractivity contribution < 1.29 is 19.2 Å². The van der Waals surface area contributed by atoms with Crippen molar-refractivity contribution in [3.05, 3.63) is 56.6 Å². The molecule has 126 valence electrons. The Labute approximate surface area is 147 Å². The standard InChI is InChI=1S/C15H12Cl2N2O5/c1-23-12-6-5-9(19(21)22)7-13(12)24-8-14(20)18-11-4-2-3-10(16)15(11)17/h2-7H,8H2,1H3,(H,18,20). The van der Waals surface area contributed by atoms with Crippen LogP contribution in [0.3, 0.4) is 0 Å². The highest BCUT2D eigenvalue weighted by atomic mass is 35.5. The lowest BCUT2D eigenvalue weighted by Crippen LogP contribution is -2.20. The van der Waals surface area contributed by atoms with Gasteiger partial charge in [0.15, 0.2) is 18.1 Å². The minimum atomic E-state index is -0.571. The van der Waals surface area contributed by atoms with Gasteiger partial charge in [-0.15, -0.1) is 0 Å². The van der Waals surface area contributed by atoms with Crippen molar-refractivity contribution in [3.8, 4) is 11.5 Å². The number of hydrogen-bond acceptors (Lipinski definition) is 5. The summed E-state index contributed by atoms with van der Waals surface area (Å²) in [6.45, 7) is -0.389. The van der Waals surface area contributed by atoms with E-state index in [0.29, 0.717) is 10.7 Å². The second kappa shape index (κ2) is 7.85. The summed E-state index contributed by atoms with van der Waals surface area (Å²) in [6, 6.07) is 8.65. The first-order chi connectivity index (χ1) is 11.4. The normalized spacial score (nSPS) is 10.1. The number of nitrogens with one attached hydrogen (secondary N) is 1. The van der Waals surface area contributed by atoms with Crippen LogP contribution in [-0.2, 0) is 4.79 Å². The number of anilines is 1. The van der Waals surface area contributed by atoms with Gasteiger partial charge in [-0.25, -0.2) is 0 Å². The van der Waals surface area contributed by atoms with E-state index in [4.69, 9.17) is 32.7 Å². The molecule has 0 heterocycles. The van der Waals surface area contributed by atoms with Gasteiger partial charge >= 0.3 is 0 Å². The lowest BCUT2D eigenvalue weighted by atomic mass is 10.3. The summed E-state index contributed by atoms with van der Waals surface area (Å²) in [4.78, 5) is 22.2. The van der Waals surface area contributed by atoms with E-state index in [1.807, 2.05) is 0 Å². The fraction of sp³-hybridized carbons (Fsp3) is 0.133. The molecule has 2 aromatic rings. The first-order valence-corrected chi connectivity index (χ1v) is 7.37. The zero-order valence-corrected chi connectivity index (χ0v) is 13.9. The van der Waals surface area contributed by atoms with Gasteiger partial charge in [0.25, 0.3) is 11.6 Å². The Bertz CT molecular complexity index is 782. The van der Waals surface area contributed by atoms with Gasteiger partial charge < -0.3 is 14.8 Å². The Hall–Kier alpha value is -2.51. The fourth-order valence-electron chi connectivity index (χ4n) is 1.82.